The van der Waals surface area contributed by atoms with Gasteiger partial charge in [0.15, 0.2) is 5.96 Å². The van der Waals surface area contributed by atoms with E-state index in [4.69, 9.17) is 9.47 Å². The molecule has 0 spiro atoms. The van der Waals surface area contributed by atoms with E-state index >= 15 is 0 Å². The maximum atomic E-state index is 5.91. The Morgan fingerprint density at radius 3 is 2.65 bits per heavy atom. The Morgan fingerprint density at radius 1 is 1.19 bits per heavy atom. The number of nitrogens with one attached hydrogen (secondary N) is 2. The molecule has 1 aromatic heterocycles. The molecular weight excluding hydrogens is 330 g/mol. The van der Waals surface area contributed by atoms with Crippen LogP contribution in [0, 0.1) is 5.92 Å². The molecule has 2 N–H and O–H groups in total. The lowest BCUT2D eigenvalue weighted by molar-refractivity contribution is 0.223. The number of hydrogen-bond acceptors (Lipinski definition) is 4. The van der Waals surface area contributed by atoms with E-state index < -0.39 is 0 Å². The first-order valence-corrected chi connectivity index (χ1v) is 8.83. The van der Waals surface area contributed by atoms with Crippen LogP contribution in [0.1, 0.15) is 13.8 Å². The van der Waals surface area contributed by atoms with Crippen molar-refractivity contribution in [2.24, 2.45) is 10.9 Å². The summed E-state index contributed by atoms with van der Waals surface area (Å²) in [6, 6.07) is 9.54. The Balaban J connectivity index is 1.71. The standard InChI is InChI=1S/C19H29N5O2/c1-15(14-24-10-6-9-23-24)12-21-19(20-3)22-13-16(2)26-18-8-5-7-17(11-18)25-4/h5-11,15-16H,12-14H2,1-4H3,(H2,20,21,22). The lowest BCUT2D eigenvalue weighted by atomic mass is 10.2. The van der Waals surface area contributed by atoms with E-state index in [0.29, 0.717) is 12.5 Å². The monoisotopic (exact) mass is 359 g/mol. The van der Waals surface area contributed by atoms with Crippen molar-refractivity contribution in [1.29, 1.82) is 0 Å². The van der Waals surface area contributed by atoms with E-state index in [1.807, 2.05) is 48.1 Å². The summed E-state index contributed by atoms with van der Waals surface area (Å²) in [5.74, 6) is 2.76. The Bertz CT molecular complexity index is 672. The molecule has 26 heavy (non-hydrogen) atoms. The third-order valence-electron chi connectivity index (χ3n) is 3.83. The zero-order valence-electron chi connectivity index (χ0n) is 16.0. The molecule has 1 aromatic carbocycles. The summed E-state index contributed by atoms with van der Waals surface area (Å²) in [7, 11) is 3.41. The molecule has 0 amide bonds. The second-order valence-electron chi connectivity index (χ2n) is 6.27. The van der Waals surface area contributed by atoms with Crippen LogP contribution in [-0.2, 0) is 6.54 Å². The topological polar surface area (TPSA) is 72.7 Å². The van der Waals surface area contributed by atoms with E-state index in [1.165, 1.54) is 0 Å². The summed E-state index contributed by atoms with van der Waals surface area (Å²) in [6.45, 7) is 6.51. The summed E-state index contributed by atoms with van der Waals surface area (Å²) in [5, 5.41) is 10.9. The Morgan fingerprint density at radius 2 is 1.96 bits per heavy atom. The Hall–Kier alpha value is -2.70. The van der Waals surface area contributed by atoms with Gasteiger partial charge < -0.3 is 20.1 Å². The van der Waals surface area contributed by atoms with Crippen LogP contribution >= 0.6 is 0 Å². The first kappa shape index (κ1) is 19.6. The highest BCUT2D eigenvalue weighted by molar-refractivity contribution is 5.79. The van der Waals surface area contributed by atoms with E-state index in [1.54, 1.807) is 20.4 Å². The van der Waals surface area contributed by atoms with Crippen molar-refractivity contribution < 1.29 is 9.47 Å². The van der Waals surface area contributed by atoms with Gasteiger partial charge in [-0.2, -0.15) is 5.10 Å². The molecule has 0 aliphatic rings. The highest BCUT2D eigenvalue weighted by Gasteiger charge is 2.08. The van der Waals surface area contributed by atoms with Crippen LogP contribution in [0.2, 0.25) is 0 Å². The van der Waals surface area contributed by atoms with Gasteiger partial charge in [-0.05, 0) is 31.0 Å². The van der Waals surface area contributed by atoms with Crippen LogP contribution in [0.3, 0.4) is 0 Å². The zero-order valence-corrected chi connectivity index (χ0v) is 16.0. The smallest absolute Gasteiger partial charge is 0.191 e. The second kappa shape index (κ2) is 10.3. The van der Waals surface area contributed by atoms with Crippen LogP contribution < -0.4 is 20.1 Å². The number of aromatic nitrogens is 2. The number of nitrogens with zero attached hydrogens (tertiary/aromatic N) is 3. The predicted octanol–water partition coefficient (Wildman–Crippen LogP) is 2.16. The molecule has 7 heteroatoms. The van der Waals surface area contributed by atoms with Crippen molar-refractivity contribution in [3.63, 3.8) is 0 Å². The summed E-state index contributed by atoms with van der Waals surface area (Å²) in [4.78, 5) is 4.26. The molecule has 0 radical (unpaired) electrons. The molecule has 1 heterocycles. The second-order valence-corrected chi connectivity index (χ2v) is 6.27. The fourth-order valence-corrected chi connectivity index (χ4v) is 2.47. The molecule has 0 saturated heterocycles. The summed E-state index contributed by atoms with van der Waals surface area (Å²) in [6.07, 6.45) is 3.76. The van der Waals surface area contributed by atoms with Gasteiger partial charge in [-0.25, -0.2) is 0 Å². The lowest BCUT2D eigenvalue weighted by Crippen LogP contribution is -2.43. The highest BCUT2D eigenvalue weighted by Crippen LogP contribution is 2.19. The number of guanidine groups is 1. The van der Waals surface area contributed by atoms with Crippen molar-refractivity contribution in [1.82, 2.24) is 20.4 Å². The molecule has 7 nitrogen and oxygen atoms in total. The van der Waals surface area contributed by atoms with Crippen LogP contribution in [-0.4, -0.2) is 49.1 Å². The minimum atomic E-state index is -0.0119. The van der Waals surface area contributed by atoms with Crippen molar-refractivity contribution in [3.05, 3.63) is 42.7 Å². The minimum absolute atomic E-state index is 0.0119. The molecule has 0 bridgehead atoms. The van der Waals surface area contributed by atoms with E-state index in [-0.39, 0.29) is 6.10 Å². The number of methoxy groups -OCH3 is 1. The van der Waals surface area contributed by atoms with Gasteiger partial charge in [0.25, 0.3) is 0 Å². The number of hydrogen-bond donors (Lipinski definition) is 2. The summed E-state index contributed by atoms with van der Waals surface area (Å²) >= 11 is 0. The first-order chi connectivity index (χ1) is 12.6. The minimum Gasteiger partial charge on any atom is -0.497 e. The first-order valence-electron chi connectivity index (χ1n) is 8.83. The van der Waals surface area contributed by atoms with Crippen LogP contribution in [0.25, 0.3) is 0 Å². The van der Waals surface area contributed by atoms with Crippen LogP contribution in [0.4, 0.5) is 0 Å². The fraction of sp³-hybridized carbons (Fsp3) is 0.474. The predicted molar refractivity (Wildman–Crippen MR) is 104 cm³/mol. The molecule has 2 atom stereocenters. The quantitative estimate of drug-likeness (QED) is 0.530. The van der Waals surface area contributed by atoms with Gasteiger partial charge in [-0.3, -0.25) is 9.67 Å². The highest BCUT2D eigenvalue weighted by atomic mass is 16.5. The van der Waals surface area contributed by atoms with Crippen molar-refractivity contribution in [3.8, 4) is 11.5 Å². The van der Waals surface area contributed by atoms with Gasteiger partial charge >= 0.3 is 0 Å². The molecule has 0 aliphatic heterocycles. The van der Waals surface area contributed by atoms with Gasteiger partial charge in [0, 0.05) is 38.6 Å². The van der Waals surface area contributed by atoms with Crippen LogP contribution in [0.15, 0.2) is 47.7 Å². The average Bonchev–Trinajstić information content (AvgIpc) is 3.15. The largest absolute Gasteiger partial charge is 0.497 e. The van der Waals surface area contributed by atoms with Gasteiger partial charge in [0.1, 0.15) is 17.6 Å². The molecule has 142 valence electrons. The maximum absolute atomic E-state index is 5.91. The van der Waals surface area contributed by atoms with E-state index in [0.717, 1.165) is 30.5 Å². The average molecular weight is 359 g/mol. The Labute approximate surface area is 155 Å². The molecule has 2 rings (SSSR count). The van der Waals surface area contributed by atoms with E-state index in [2.05, 4.69) is 27.6 Å². The van der Waals surface area contributed by atoms with Crippen molar-refractivity contribution >= 4 is 5.96 Å². The van der Waals surface area contributed by atoms with Gasteiger partial charge in [-0.15, -0.1) is 0 Å². The number of benzene rings is 1. The summed E-state index contributed by atoms with van der Waals surface area (Å²) < 4.78 is 13.1. The molecule has 0 saturated carbocycles. The van der Waals surface area contributed by atoms with Gasteiger partial charge in [0.2, 0.25) is 0 Å². The molecular formula is C19H29N5O2. The zero-order chi connectivity index (χ0) is 18.8. The molecule has 0 fully saturated rings. The number of ether oxygens (including phenoxy) is 2. The third kappa shape index (κ3) is 6.66. The fourth-order valence-electron chi connectivity index (χ4n) is 2.47. The van der Waals surface area contributed by atoms with Crippen molar-refractivity contribution in [2.45, 2.75) is 26.5 Å². The third-order valence-corrected chi connectivity index (χ3v) is 3.83. The molecule has 2 unspecified atom stereocenters. The van der Waals surface area contributed by atoms with Gasteiger partial charge in [0.05, 0.1) is 13.7 Å². The number of aliphatic imine (C=N–C) groups is 1. The number of rotatable bonds is 9. The van der Waals surface area contributed by atoms with Gasteiger partial charge in [-0.1, -0.05) is 13.0 Å². The SMILES string of the molecule is CN=C(NCC(C)Cn1cccn1)NCC(C)Oc1cccc(OC)c1. The molecule has 2 aromatic rings. The lowest BCUT2D eigenvalue weighted by Gasteiger charge is -2.19. The maximum Gasteiger partial charge on any atom is 0.191 e. The molecule has 0 aliphatic carbocycles. The normalized spacial score (nSPS) is 13.8. The van der Waals surface area contributed by atoms with E-state index in [9.17, 15) is 0 Å². The Kier molecular flexibility index (Phi) is 7.79. The summed E-state index contributed by atoms with van der Waals surface area (Å²) in [5.41, 5.74) is 0. The van der Waals surface area contributed by atoms with Crippen LogP contribution in [0.5, 0.6) is 11.5 Å². The van der Waals surface area contributed by atoms with Crippen molar-refractivity contribution in [2.75, 3.05) is 27.2 Å².